The highest BCUT2D eigenvalue weighted by molar-refractivity contribution is 7.80. The molecule has 2 nitrogen and oxygen atoms in total. The monoisotopic (exact) mass is 297 g/mol. The molecule has 1 N–H and O–H groups in total. The lowest BCUT2D eigenvalue weighted by atomic mass is 9.85. The summed E-state index contributed by atoms with van der Waals surface area (Å²) in [7, 11) is 0. The van der Waals surface area contributed by atoms with E-state index >= 15 is 0 Å². The molecule has 0 unspecified atom stereocenters. The van der Waals surface area contributed by atoms with Crippen molar-refractivity contribution in [2.24, 2.45) is 5.41 Å². The van der Waals surface area contributed by atoms with Crippen LogP contribution in [-0.2, 0) is 6.42 Å². The number of hydrogen-bond acceptors (Lipinski definition) is 2. The van der Waals surface area contributed by atoms with Gasteiger partial charge in [-0.1, -0.05) is 49.4 Å². The summed E-state index contributed by atoms with van der Waals surface area (Å²) >= 11 is 4.52. The Morgan fingerprint density at radius 3 is 2.57 bits per heavy atom. The number of nitrogens with one attached hydrogen (secondary N) is 1. The molecule has 3 rings (SSSR count). The van der Waals surface area contributed by atoms with Gasteiger partial charge in [-0.05, 0) is 35.4 Å². The first kappa shape index (κ1) is 14.2. The van der Waals surface area contributed by atoms with Gasteiger partial charge in [0, 0.05) is 11.0 Å². The van der Waals surface area contributed by atoms with E-state index in [2.05, 4.69) is 43.1 Å². The van der Waals surface area contributed by atoms with Gasteiger partial charge in [0.25, 0.3) is 5.91 Å². The summed E-state index contributed by atoms with van der Waals surface area (Å²) in [5, 5.41) is 3.21. The molecule has 0 saturated carbocycles. The molecule has 0 saturated heterocycles. The van der Waals surface area contributed by atoms with E-state index in [-0.39, 0.29) is 17.4 Å². The molecule has 0 heterocycles. The standard InChI is InChI=1S/C18H19NOS/c1-18(12-21)11-14-9-5-6-10-15(14)16(18)19-17(20)13-7-3-2-4-8-13/h2-10,16,21H,11-12H2,1H3,(H,19,20)/t16-,18-/m1/s1. The summed E-state index contributed by atoms with van der Waals surface area (Å²) in [4.78, 5) is 12.5. The molecule has 1 aliphatic rings. The number of carbonyl (C=O) groups is 1. The lowest BCUT2D eigenvalue weighted by Gasteiger charge is -2.31. The van der Waals surface area contributed by atoms with Crippen molar-refractivity contribution in [3.8, 4) is 0 Å². The van der Waals surface area contributed by atoms with E-state index < -0.39 is 0 Å². The molecule has 1 aliphatic carbocycles. The molecule has 0 spiro atoms. The fourth-order valence-corrected chi connectivity index (χ4v) is 3.39. The Morgan fingerprint density at radius 1 is 1.19 bits per heavy atom. The highest BCUT2D eigenvalue weighted by Gasteiger charge is 2.42. The lowest BCUT2D eigenvalue weighted by molar-refractivity contribution is 0.0905. The van der Waals surface area contributed by atoms with Crippen LogP contribution < -0.4 is 5.32 Å². The normalized spacial score (nSPS) is 23.6. The maximum Gasteiger partial charge on any atom is 0.251 e. The van der Waals surface area contributed by atoms with E-state index in [1.165, 1.54) is 11.1 Å². The van der Waals surface area contributed by atoms with E-state index in [1.807, 2.05) is 36.4 Å². The first-order chi connectivity index (χ1) is 10.1. The molecule has 2 atom stereocenters. The Hall–Kier alpha value is -1.74. The van der Waals surface area contributed by atoms with Crippen LogP contribution in [0.2, 0.25) is 0 Å². The Morgan fingerprint density at radius 2 is 1.86 bits per heavy atom. The van der Waals surface area contributed by atoms with Crippen molar-refractivity contribution >= 4 is 18.5 Å². The quantitative estimate of drug-likeness (QED) is 0.832. The summed E-state index contributed by atoms with van der Waals surface area (Å²) in [6.07, 6.45) is 0.951. The summed E-state index contributed by atoms with van der Waals surface area (Å²) in [6, 6.07) is 17.7. The lowest BCUT2D eigenvalue weighted by Crippen LogP contribution is -2.38. The maximum atomic E-state index is 12.5. The second-order valence-electron chi connectivity index (χ2n) is 5.96. The third kappa shape index (κ3) is 2.58. The minimum Gasteiger partial charge on any atom is -0.345 e. The van der Waals surface area contributed by atoms with Gasteiger partial charge in [0.1, 0.15) is 0 Å². The Kier molecular flexibility index (Phi) is 3.77. The van der Waals surface area contributed by atoms with E-state index in [4.69, 9.17) is 0 Å². The van der Waals surface area contributed by atoms with Crippen molar-refractivity contribution in [1.82, 2.24) is 5.32 Å². The second-order valence-corrected chi connectivity index (χ2v) is 6.28. The highest BCUT2D eigenvalue weighted by atomic mass is 32.1. The van der Waals surface area contributed by atoms with Crippen LogP contribution >= 0.6 is 12.6 Å². The van der Waals surface area contributed by atoms with E-state index in [0.717, 1.165) is 12.2 Å². The van der Waals surface area contributed by atoms with Gasteiger partial charge in [0.05, 0.1) is 6.04 Å². The summed E-state index contributed by atoms with van der Waals surface area (Å²) in [5.41, 5.74) is 3.19. The van der Waals surface area contributed by atoms with E-state index in [9.17, 15) is 4.79 Å². The van der Waals surface area contributed by atoms with E-state index in [0.29, 0.717) is 5.56 Å². The molecule has 0 aliphatic heterocycles. The third-order valence-electron chi connectivity index (χ3n) is 4.33. The van der Waals surface area contributed by atoms with E-state index in [1.54, 1.807) is 0 Å². The van der Waals surface area contributed by atoms with Crippen molar-refractivity contribution in [3.05, 3.63) is 71.3 Å². The first-order valence-corrected chi connectivity index (χ1v) is 7.82. The number of carbonyl (C=O) groups excluding carboxylic acids is 1. The van der Waals surface area contributed by atoms with Gasteiger partial charge in [-0.25, -0.2) is 0 Å². The summed E-state index contributed by atoms with van der Waals surface area (Å²) in [5.74, 6) is 0.715. The molecular formula is C18H19NOS. The van der Waals surface area contributed by atoms with Gasteiger partial charge >= 0.3 is 0 Å². The number of hydrogen-bond donors (Lipinski definition) is 2. The predicted octanol–water partition coefficient (Wildman–Crippen LogP) is 3.65. The zero-order chi connectivity index (χ0) is 14.9. The van der Waals surface area contributed by atoms with Gasteiger partial charge < -0.3 is 5.32 Å². The average Bonchev–Trinajstić information content (AvgIpc) is 2.81. The largest absolute Gasteiger partial charge is 0.345 e. The fraction of sp³-hybridized carbons (Fsp3) is 0.278. The molecule has 2 aromatic rings. The molecule has 21 heavy (non-hydrogen) atoms. The number of fused-ring (bicyclic) bond motifs is 1. The Balaban J connectivity index is 1.91. The van der Waals surface area contributed by atoms with Crippen LogP contribution in [0.15, 0.2) is 54.6 Å². The molecule has 0 aromatic heterocycles. The van der Waals surface area contributed by atoms with Crippen LogP contribution in [0.3, 0.4) is 0 Å². The Bertz CT molecular complexity index is 655. The molecule has 0 fully saturated rings. The van der Waals surface area contributed by atoms with Gasteiger partial charge in [-0.3, -0.25) is 4.79 Å². The minimum absolute atomic E-state index is 0.0129. The van der Waals surface area contributed by atoms with Crippen molar-refractivity contribution in [2.45, 2.75) is 19.4 Å². The van der Waals surface area contributed by atoms with Gasteiger partial charge in [0.2, 0.25) is 0 Å². The predicted molar refractivity (Wildman–Crippen MR) is 88.8 cm³/mol. The van der Waals surface area contributed by atoms with Gasteiger partial charge in [-0.2, -0.15) is 12.6 Å². The summed E-state index contributed by atoms with van der Waals surface area (Å²) < 4.78 is 0. The summed E-state index contributed by atoms with van der Waals surface area (Å²) in [6.45, 7) is 2.19. The van der Waals surface area contributed by atoms with Crippen LogP contribution in [0.5, 0.6) is 0 Å². The third-order valence-corrected chi connectivity index (χ3v) is 5.05. The van der Waals surface area contributed by atoms with Crippen molar-refractivity contribution < 1.29 is 4.79 Å². The molecule has 0 bridgehead atoms. The average molecular weight is 297 g/mol. The minimum atomic E-state index is -0.0444. The molecule has 108 valence electrons. The van der Waals surface area contributed by atoms with Crippen molar-refractivity contribution in [2.75, 3.05) is 5.75 Å². The van der Waals surface area contributed by atoms with Gasteiger partial charge in [-0.15, -0.1) is 0 Å². The molecule has 1 amide bonds. The smallest absolute Gasteiger partial charge is 0.251 e. The SMILES string of the molecule is C[C@]1(CS)Cc2ccccc2[C@H]1NC(=O)c1ccccc1. The van der Waals surface area contributed by atoms with Crippen LogP contribution in [0.25, 0.3) is 0 Å². The number of benzene rings is 2. The van der Waals surface area contributed by atoms with Crippen LogP contribution in [-0.4, -0.2) is 11.7 Å². The topological polar surface area (TPSA) is 29.1 Å². The highest BCUT2D eigenvalue weighted by Crippen LogP contribution is 2.46. The van der Waals surface area contributed by atoms with Crippen LogP contribution in [0.4, 0.5) is 0 Å². The van der Waals surface area contributed by atoms with Crippen molar-refractivity contribution in [3.63, 3.8) is 0 Å². The zero-order valence-corrected chi connectivity index (χ0v) is 12.9. The fourth-order valence-electron chi connectivity index (χ4n) is 3.09. The number of thiol groups is 1. The molecule has 3 heteroatoms. The second kappa shape index (κ2) is 5.57. The van der Waals surface area contributed by atoms with Crippen molar-refractivity contribution in [1.29, 1.82) is 0 Å². The van der Waals surface area contributed by atoms with Crippen LogP contribution in [0.1, 0.15) is 34.5 Å². The van der Waals surface area contributed by atoms with Crippen LogP contribution in [0, 0.1) is 5.41 Å². The molecular weight excluding hydrogens is 278 g/mol. The molecule has 0 radical (unpaired) electrons. The van der Waals surface area contributed by atoms with Gasteiger partial charge in [0.15, 0.2) is 0 Å². The molecule has 2 aromatic carbocycles. The number of rotatable bonds is 3. The Labute approximate surface area is 131 Å². The number of amides is 1. The first-order valence-electron chi connectivity index (χ1n) is 7.19. The maximum absolute atomic E-state index is 12.5. The zero-order valence-electron chi connectivity index (χ0n) is 12.0.